The van der Waals surface area contributed by atoms with Gasteiger partial charge in [0.2, 0.25) is 0 Å². The lowest BCUT2D eigenvalue weighted by molar-refractivity contribution is 0.0596. The Hall–Kier alpha value is -1.81. The molecule has 0 aliphatic heterocycles. The van der Waals surface area contributed by atoms with Crippen LogP contribution >= 0.6 is 22.6 Å². The summed E-state index contributed by atoms with van der Waals surface area (Å²) in [4.78, 5) is 11.6. The minimum atomic E-state index is -4.22. The molecule has 0 heterocycles. The third-order valence-electron chi connectivity index (χ3n) is 3.34. The van der Waals surface area contributed by atoms with Gasteiger partial charge in [0.25, 0.3) is 0 Å². The van der Waals surface area contributed by atoms with Gasteiger partial charge in [-0.05, 0) is 43.2 Å². The SMILES string of the molecule is COC(=O)c1ccccc1S(=O)(=O)Oc1cc(C)cc(OCCCI)c1. The molecule has 0 N–H and O–H groups in total. The van der Waals surface area contributed by atoms with Gasteiger partial charge in [-0.15, -0.1) is 0 Å². The standard InChI is InChI=1S/C18H19IO6S/c1-13-10-14(24-9-5-8-19)12-15(11-13)25-26(21,22)17-7-4-3-6-16(17)18(20)23-2/h3-4,6-7,10-12H,5,8-9H2,1-2H3. The molecule has 0 unspecified atom stereocenters. The van der Waals surface area contributed by atoms with Crippen LogP contribution in [0.2, 0.25) is 0 Å². The van der Waals surface area contributed by atoms with Gasteiger partial charge in [0.1, 0.15) is 16.4 Å². The van der Waals surface area contributed by atoms with Gasteiger partial charge in [0, 0.05) is 10.5 Å². The smallest absolute Gasteiger partial charge is 0.340 e. The molecule has 2 aromatic rings. The summed E-state index contributed by atoms with van der Waals surface area (Å²) >= 11 is 2.26. The molecule has 0 saturated carbocycles. The lowest BCUT2D eigenvalue weighted by Crippen LogP contribution is -2.15. The van der Waals surface area contributed by atoms with E-state index in [1.54, 1.807) is 18.2 Å². The van der Waals surface area contributed by atoms with Gasteiger partial charge in [0.15, 0.2) is 0 Å². The zero-order valence-corrected chi connectivity index (χ0v) is 17.4. The highest BCUT2D eigenvalue weighted by Crippen LogP contribution is 2.27. The first-order valence-corrected chi connectivity index (χ1v) is 10.7. The Morgan fingerprint density at radius 3 is 2.50 bits per heavy atom. The fraction of sp³-hybridized carbons (Fsp3) is 0.278. The molecule has 0 radical (unpaired) electrons. The third kappa shape index (κ3) is 5.34. The zero-order valence-electron chi connectivity index (χ0n) is 14.4. The summed E-state index contributed by atoms with van der Waals surface area (Å²) in [6, 6.07) is 10.6. The lowest BCUT2D eigenvalue weighted by atomic mass is 10.2. The van der Waals surface area contributed by atoms with Crippen molar-refractivity contribution in [1.82, 2.24) is 0 Å². The van der Waals surface area contributed by atoms with Crippen molar-refractivity contribution in [3.8, 4) is 11.5 Å². The molecule has 2 aromatic carbocycles. The highest BCUT2D eigenvalue weighted by Gasteiger charge is 2.25. The summed E-state index contributed by atoms with van der Waals surface area (Å²) < 4.78 is 41.8. The van der Waals surface area contributed by atoms with Crippen LogP contribution in [0, 0.1) is 6.92 Å². The molecular weight excluding hydrogens is 471 g/mol. The first-order chi connectivity index (χ1) is 12.4. The van der Waals surface area contributed by atoms with Gasteiger partial charge >= 0.3 is 16.1 Å². The Kier molecular flexibility index (Phi) is 7.27. The molecule has 0 aliphatic carbocycles. The quantitative estimate of drug-likeness (QED) is 0.185. The highest BCUT2D eigenvalue weighted by atomic mass is 127. The molecule has 0 amide bonds. The molecule has 0 aliphatic rings. The van der Waals surface area contributed by atoms with Crippen LogP contribution in [-0.4, -0.2) is 32.5 Å². The van der Waals surface area contributed by atoms with E-state index in [0.717, 1.165) is 16.4 Å². The van der Waals surface area contributed by atoms with Crippen LogP contribution in [-0.2, 0) is 14.9 Å². The van der Waals surface area contributed by atoms with Crippen molar-refractivity contribution >= 4 is 38.7 Å². The largest absolute Gasteiger partial charge is 0.493 e. The van der Waals surface area contributed by atoms with Gasteiger partial charge in [-0.25, -0.2) is 4.79 Å². The normalized spacial score (nSPS) is 11.0. The molecule has 0 saturated heterocycles. The van der Waals surface area contributed by atoms with Crippen molar-refractivity contribution in [2.45, 2.75) is 18.2 Å². The molecule has 0 aromatic heterocycles. The number of rotatable bonds is 8. The van der Waals surface area contributed by atoms with Gasteiger partial charge in [-0.1, -0.05) is 34.7 Å². The summed E-state index contributed by atoms with van der Waals surface area (Å²) in [6.07, 6.45) is 0.884. The second-order valence-electron chi connectivity index (χ2n) is 5.40. The molecule has 0 bridgehead atoms. The Morgan fingerprint density at radius 1 is 1.12 bits per heavy atom. The zero-order chi connectivity index (χ0) is 19.2. The Morgan fingerprint density at radius 2 is 1.81 bits per heavy atom. The highest BCUT2D eigenvalue weighted by molar-refractivity contribution is 14.1. The Balaban J connectivity index is 2.31. The number of benzene rings is 2. The first-order valence-electron chi connectivity index (χ1n) is 7.79. The van der Waals surface area contributed by atoms with E-state index < -0.39 is 16.1 Å². The number of hydrogen-bond acceptors (Lipinski definition) is 6. The third-order valence-corrected chi connectivity index (χ3v) is 5.41. The topological polar surface area (TPSA) is 78.9 Å². The summed E-state index contributed by atoms with van der Waals surface area (Å²) in [5.41, 5.74) is 0.713. The van der Waals surface area contributed by atoms with Crippen LogP contribution in [0.3, 0.4) is 0 Å². The summed E-state index contributed by atoms with van der Waals surface area (Å²) in [7, 11) is -3.03. The molecule has 26 heavy (non-hydrogen) atoms. The second kappa shape index (κ2) is 9.22. The minimum absolute atomic E-state index is 0.0822. The van der Waals surface area contributed by atoms with Crippen molar-refractivity contribution in [2.24, 2.45) is 0 Å². The number of aryl methyl sites for hydroxylation is 1. The number of esters is 1. The van der Waals surface area contributed by atoms with Crippen molar-refractivity contribution in [3.63, 3.8) is 0 Å². The average molecular weight is 490 g/mol. The first kappa shape index (κ1) is 20.5. The Bertz CT molecular complexity index is 879. The number of carbonyl (C=O) groups excluding carboxylic acids is 1. The van der Waals surface area contributed by atoms with Gasteiger partial charge in [-0.3, -0.25) is 0 Å². The summed E-state index contributed by atoms with van der Waals surface area (Å²) in [5, 5.41) is 0. The minimum Gasteiger partial charge on any atom is -0.493 e. The average Bonchev–Trinajstić information content (AvgIpc) is 2.60. The van der Waals surface area contributed by atoms with Crippen molar-refractivity contribution in [3.05, 3.63) is 53.6 Å². The van der Waals surface area contributed by atoms with E-state index in [-0.39, 0.29) is 16.2 Å². The van der Waals surface area contributed by atoms with Gasteiger partial charge in [0.05, 0.1) is 19.3 Å². The second-order valence-corrected chi connectivity index (χ2v) is 7.99. The molecule has 0 fully saturated rings. The molecule has 8 heteroatoms. The molecule has 140 valence electrons. The van der Waals surface area contributed by atoms with Gasteiger partial charge < -0.3 is 13.7 Å². The van der Waals surface area contributed by atoms with Crippen molar-refractivity contribution < 1.29 is 26.9 Å². The number of methoxy groups -OCH3 is 1. The van der Waals surface area contributed by atoms with Crippen LogP contribution in [0.4, 0.5) is 0 Å². The van der Waals surface area contributed by atoms with Gasteiger partial charge in [-0.2, -0.15) is 8.42 Å². The van der Waals surface area contributed by atoms with Crippen LogP contribution in [0.25, 0.3) is 0 Å². The predicted molar refractivity (Wildman–Crippen MR) is 106 cm³/mol. The maximum absolute atomic E-state index is 12.7. The summed E-state index contributed by atoms with van der Waals surface area (Å²) in [5.74, 6) is -0.102. The van der Waals surface area contributed by atoms with E-state index in [2.05, 4.69) is 27.3 Å². The Labute approximate surface area is 166 Å². The lowest BCUT2D eigenvalue weighted by Gasteiger charge is -2.12. The number of ether oxygens (including phenoxy) is 2. The molecule has 6 nitrogen and oxygen atoms in total. The van der Waals surface area contributed by atoms with Crippen molar-refractivity contribution in [2.75, 3.05) is 18.1 Å². The number of halogens is 1. The molecular formula is C18H19IO6S. The van der Waals surface area contributed by atoms with E-state index in [4.69, 9.17) is 8.92 Å². The maximum Gasteiger partial charge on any atom is 0.340 e. The fourth-order valence-corrected chi connectivity index (χ4v) is 3.64. The monoisotopic (exact) mass is 490 g/mol. The molecule has 2 rings (SSSR count). The van der Waals surface area contributed by atoms with E-state index in [0.29, 0.717) is 12.4 Å². The maximum atomic E-state index is 12.7. The molecule has 0 atom stereocenters. The van der Waals surface area contributed by atoms with Crippen LogP contribution in [0.5, 0.6) is 11.5 Å². The summed E-state index contributed by atoms with van der Waals surface area (Å²) in [6.45, 7) is 2.34. The van der Waals surface area contributed by atoms with E-state index in [9.17, 15) is 13.2 Å². The number of carbonyl (C=O) groups is 1. The van der Waals surface area contributed by atoms with Crippen LogP contribution < -0.4 is 8.92 Å². The number of hydrogen-bond donors (Lipinski definition) is 0. The van der Waals surface area contributed by atoms with E-state index in [1.807, 2.05) is 6.92 Å². The van der Waals surface area contributed by atoms with E-state index in [1.165, 1.54) is 31.4 Å². The van der Waals surface area contributed by atoms with Crippen LogP contribution in [0.15, 0.2) is 47.4 Å². The predicted octanol–water partition coefficient (Wildman–Crippen LogP) is 3.75. The molecule has 0 spiro atoms. The van der Waals surface area contributed by atoms with E-state index >= 15 is 0 Å². The van der Waals surface area contributed by atoms with Crippen LogP contribution in [0.1, 0.15) is 22.3 Å². The fourth-order valence-electron chi connectivity index (χ4n) is 2.22. The number of alkyl halides is 1. The van der Waals surface area contributed by atoms with Crippen molar-refractivity contribution in [1.29, 1.82) is 0 Å².